The Balaban J connectivity index is 0.924. The molecule has 0 amide bonds. The number of nitrogens with zero attached hydrogens (tertiary/aromatic N) is 4. The third kappa shape index (κ3) is 5.39. The van der Waals surface area contributed by atoms with Gasteiger partial charge in [-0.2, -0.15) is 0 Å². The van der Waals surface area contributed by atoms with Crippen LogP contribution in [-0.2, 0) is 0 Å². The van der Waals surface area contributed by atoms with Gasteiger partial charge >= 0.3 is 0 Å². The van der Waals surface area contributed by atoms with Crippen LogP contribution in [-0.4, -0.2) is 19.1 Å². The van der Waals surface area contributed by atoms with Gasteiger partial charge in [0.05, 0.1) is 44.3 Å². The lowest BCUT2D eigenvalue weighted by Gasteiger charge is -2.15. The van der Waals surface area contributed by atoms with Gasteiger partial charge in [0.15, 0.2) is 0 Å². The molecule has 0 aliphatic carbocycles. The molecular formula is C62H38N4. The molecule has 4 heterocycles. The predicted molar refractivity (Wildman–Crippen MR) is 277 cm³/mol. The molecule has 10 aromatic carbocycles. The van der Waals surface area contributed by atoms with Gasteiger partial charge in [-0.25, -0.2) is 9.97 Å². The molecule has 0 bridgehead atoms. The molecule has 306 valence electrons. The third-order valence-corrected chi connectivity index (χ3v) is 13.7. The number of pyridine rings is 2. The van der Waals surface area contributed by atoms with Crippen molar-refractivity contribution in [3.8, 4) is 44.9 Å². The Hall–Kier alpha value is -8.86. The molecule has 0 saturated heterocycles. The molecule has 14 aromatic rings. The summed E-state index contributed by atoms with van der Waals surface area (Å²) in [4.78, 5) is 10.7. The first kappa shape index (κ1) is 36.6. The molecule has 0 atom stereocenters. The fourth-order valence-electron chi connectivity index (χ4n) is 10.8. The highest BCUT2D eigenvalue weighted by Crippen LogP contribution is 2.43. The van der Waals surface area contributed by atoms with E-state index in [1.165, 1.54) is 65.7 Å². The third-order valence-electron chi connectivity index (χ3n) is 13.7. The maximum absolute atomic E-state index is 5.45. The van der Waals surface area contributed by atoms with Gasteiger partial charge in [0.1, 0.15) is 0 Å². The van der Waals surface area contributed by atoms with E-state index in [1.54, 1.807) is 0 Å². The Morgan fingerprint density at radius 1 is 0.288 bits per heavy atom. The van der Waals surface area contributed by atoms with Crippen LogP contribution in [0.1, 0.15) is 0 Å². The molecule has 0 N–H and O–H groups in total. The fraction of sp³-hybridized carbons (Fsp3) is 0. The molecule has 4 aromatic heterocycles. The first-order chi connectivity index (χ1) is 32.8. The van der Waals surface area contributed by atoms with E-state index >= 15 is 0 Å². The summed E-state index contributed by atoms with van der Waals surface area (Å²) >= 11 is 0. The first-order valence-electron chi connectivity index (χ1n) is 22.6. The van der Waals surface area contributed by atoms with Crippen LogP contribution in [0.25, 0.3) is 132 Å². The Morgan fingerprint density at radius 3 is 1.48 bits per heavy atom. The van der Waals surface area contributed by atoms with E-state index in [2.05, 4.69) is 240 Å². The number of fused-ring (bicyclic) bond motifs is 12. The summed E-state index contributed by atoms with van der Waals surface area (Å²) in [6.07, 6.45) is 0. The predicted octanol–water partition coefficient (Wildman–Crippen LogP) is 16.3. The van der Waals surface area contributed by atoms with Crippen LogP contribution in [0.5, 0.6) is 0 Å². The Morgan fingerprint density at radius 2 is 0.803 bits per heavy atom. The zero-order valence-electron chi connectivity index (χ0n) is 35.7. The van der Waals surface area contributed by atoms with Crippen molar-refractivity contribution in [2.24, 2.45) is 0 Å². The maximum Gasteiger partial charge on any atom is 0.0978 e. The van der Waals surface area contributed by atoms with E-state index < -0.39 is 0 Å². The lowest BCUT2D eigenvalue weighted by atomic mass is 9.93. The van der Waals surface area contributed by atoms with Gasteiger partial charge in [-0.05, 0) is 76.0 Å². The minimum atomic E-state index is 0.906. The van der Waals surface area contributed by atoms with Crippen molar-refractivity contribution in [1.82, 2.24) is 19.1 Å². The second-order valence-corrected chi connectivity index (χ2v) is 17.3. The van der Waals surface area contributed by atoms with Crippen molar-refractivity contribution in [3.63, 3.8) is 0 Å². The fourth-order valence-corrected chi connectivity index (χ4v) is 10.8. The number of aromatic nitrogens is 4. The maximum atomic E-state index is 5.45. The highest BCUT2D eigenvalue weighted by Gasteiger charge is 2.22. The topological polar surface area (TPSA) is 35.6 Å². The molecular weight excluding hydrogens is 801 g/mol. The van der Waals surface area contributed by atoms with Gasteiger partial charge in [-0.3, -0.25) is 0 Å². The molecule has 66 heavy (non-hydrogen) atoms. The van der Waals surface area contributed by atoms with E-state index in [9.17, 15) is 0 Å². The van der Waals surface area contributed by atoms with Gasteiger partial charge in [-0.15, -0.1) is 0 Å². The molecule has 0 fully saturated rings. The summed E-state index contributed by atoms with van der Waals surface area (Å²) in [5, 5.41) is 10.6. The highest BCUT2D eigenvalue weighted by molar-refractivity contribution is 6.24. The zero-order chi connectivity index (χ0) is 43.3. The lowest BCUT2D eigenvalue weighted by molar-refractivity contribution is 1.15. The van der Waals surface area contributed by atoms with Gasteiger partial charge in [0.25, 0.3) is 0 Å². The molecule has 0 saturated carbocycles. The van der Waals surface area contributed by atoms with Gasteiger partial charge in [-0.1, -0.05) is 182 Å². The van der Waals surface area contributed by atoms with Crippen molar-refractivity contribution in [3.05, 3.63) is 231 Å². The minimum absolute atomic E-state index is 0.906. The molecule has 0 aliphatic rings. The lowest BCUT2D eigenvalue weighted by Crippen LogP contribution is -1.98. The Kier molecular flexibility index (Phi) is 7.95. The molecule has 14 rings (SSSR count). The summed E-state index contributed by atoms with van der Waals surface area (Å²) < 4.78 is 4.91. The van der Waals surface area contributed by atoms with E-state index in [-0.39, 0.29) is 0 Å². The van der Waals surface area contributed by atoms with E-state index in [4.69, 9.17) is 9.97 Å². The van der Waals surface area contributed by atoms with E-state index in [1.807, 2.05) is 0 Å². The Labute approximate surface area is 379 Å². The van der Waals surface area contributed by atoms with Crippen molar-refractivity contribution < 1.29 is 0 Å². The number of hydrogen-bond acceptors (Lipinski definition) is 2. The van der Waals surface area contributed by atoms with Crippen LogP contribution in [0.3, 0.4) is 0 Å². The normalized spacial score (nSPS) is 11.9. The van der Waals surface area contributed by atoms with Crippen LogP contribution < -0.4 is 0 Å². The van der Waals surface area contributed by atoms with Gasteiger partial charge < -0.3 is 9.13 Å². The van der Waals surface area contributed by atoms with E-state index in [0.29, 0.717) is 0 Å². The van der Waals surface area contributed by atoms with Crippen LogP contribution in [0, 0.1) is 0 Å². The summed E-state index contributed by atoms with van der Waals surface area (Å²) in [6.45, 7) is 0. The molecule has 4 nitrogen and oxygen atoms in total. The summed E-state index contributed by atoms with van der Waals surface area (Å²) in [7, 11) is 0. The van der Waals surface area contributed by atoms with Crippen molar-refractivity contribution >= 4 is 87.1 Å². The standard InChI is InChI=1S/C62H38N4/c1-3-15-40(16-4-1)58-52-23-9-12-24-54(52)64-60-53(58)33-29-41-30-38-55(63-59(41)60)47-35-34-44(45-19-7-8-20-46(45)47)39-27-31-43(32-28-39)66-57-26-14-11-22-49(57)51-37-36-50-48-21-10-13-25-56(48)65(61(50)62(51)66)42-17-5-2-6-18-42/h1-38H. The SMILES string of the molecule is c1ccc(-c2c3ccccc3nc3c2ccc2ccc(-c4ccc(-c5ccc(-n6c7ccccc7c7ccc8c9ccccc9n(-c9ccccc9)c8c76)cc5)c5ccccc45)nc23)cc1. The summed E-state index contributed by atoms with van der Waals surface area (Å²) in [5.41, 5.74) is 16.6. The number of benzene rings is 10. The quantitative estimate of drug-likeness (QED) is 0.128. The second kappa shape index (κ2) is 14.3. The van der Waals surface area contributed by atoms with Crippen molar-refractivity contribution in [1.29, 1.82) is 0 Å². The average molecular weight is 839 g/mol. The molecule has 0 spiro atoms. The largest absolute Gasteiger partial charge is 0.307 e. The number of para-hydroxylation sites is 4. The van der Waals surface area contributed by atoms with Crippen LogP contribution >= 0.6 is 0 Å². The highest BCUT2D eigenvalue weighted by atomic mass is 15.0. The number of rotatable bonds is 5. The first-order valence-corrected chi connectivity index (χ1v) is 22.6. The molecule has 0 aliphatic heterocycles. The smallest absolute Gasteiger partial charge is 0.0978 e. The molecule has 4 heteroatoms. The van der Waals surface area contributed by atoms with Gasteiger partial charge in [0.2, 0.25) is 0 Å². The van der Waals surface area contributed by atoms with Crippen molar-refractivity contribution in [2.75, 3.05) is 0 Å². The zero-order valence-corrected chi connectivity index (χ0v) is 35.7. The van der Waals surface area contributed by atoms with Gasteiger partial charge in [0, 0.05) is 60.2 Å². The monoisotopic (exact) mass is 838 g/mol. The second-order valence-electron chi connectivity index (χ2n) is 17.3. The van der Waals surface area contributed by atoms with Crippen molar-refractivity contribution in [2.45, 2.75) is 0 Å². The van der Waals surface area contributed by atoms with E-state index in [0.717, 1.165) is 66.3 Å². The molecule has 0 radical (unpaired) electrons. The number of hydrogen-bond donors (Lipinski definition) is 0. The summed E-state index contributed by atoms with van der Waals surface area (Å²) in [5.74, 6) is 0. The Bertz CT molecular complexity index is 4260. The van der Waals surface area contributed by atoms with Crippen LogP contribution in [0.15, 0.2) is 231 Å². The minimum Gasteiger partial charge on any atom is -0.307 e. The summed E-state index contributed by atoms with van der Waals surface area (Å²) in [6, 6.07) is 83.2. The molecule has 0 unspecified atom stereocenters. The average Bonchev–Trinajstić information content (AvgIpc) is 3.91. The van der Waals surface area contributed by atoms with Crippen LogP contribution in [0.2, 0.25) is 0 Å². The van der Waals surface area contributed by atoms with Crippen LogP contribution in [0.4, 0.5) is 0 Å².